The number of benzene rings is 1. The fraction of sp³-hybridized carbons (Fsp3) is 0.609. The molecule has 1 aromatic rings. The summed E-state index contributed by atoms with van der Waals surface area (Å²) in [7, 11) is 3.34. The molecule has 1 aromatic carbocycles. The quantitative estimate of drug-likeness (QED) is 0.789. The summed E-state index contributed by atoms with van der Waals surface area (Å²) in [5, 5.41) is 2.84. The van der Waals surface area contributed by atoms with Crippen LogP contribution < -0.4 is 10.1 Å². The number of hydrogen-bond acceptors (Lipinski definition) is 5. The Kier molecular flexibility index (Phi) is 8.86. The molecule has 0 bridgehead atoms. The molecule has 8 heteroatoms. The Morgan fingerprint density at radius 2 is 1.97 bits per heavy atom. The van der Waals surface area contributed by atoms with Gasteiger partial charge in [-0.2, -0.15) is 0 Å². The Hall–Kier alpha value is -2.61. The van der Waals surface area contributed by atoms with Crippen LogP contribution in [0.25, 0.3) is 0 Å². The first-order valence-electron chi connectivity index (χ1n) is 10.8. The van der Waals surface area contributed by atoms with Crippen molar-refractivity contribution in [3.63, 3.8) is 0 Å². The molecule has 2 rings (SSSR count). The number of fused-ring (bicyclic) bond motifs is 1. The van der Waals surface area contributed by atoms with E-state index >= 15 is 0 Å². The second-order valence-corrected chi connectivity index (χ2v) is 8.28. The second-order valence-electron chi connectivity index (χ2n) is 8.28. The molecule has 1 heterocycles. The van der Waals surface area contributed by atoms with Crippen LogP contribution in [-0.4, -0.2) is 73.5 Å². The van der Waals surface area contributed by atoms with Gasteiger partial charge in [0.15, 0.2) is 0 Å². The summed E-state index contributed by atoms with van der Waals surface area (Å²) in [5.74, 6) is 0.0882. The van der Waals surface area contributed by atoms with E-state index in [0.29, 0.717) is 36.5 Å². The third-order valence-electron chi connectivity index (χ3n) is 5.61. The molecule has 1 aliphatic heterocycles. The first-order chi connectivity index (χ1) is 14.7. The number of carbonyl (C=O) groups is 3. The number of anilines is 1. The van der Waals surface area contributed by atoms with Crippen LogP contribution in [0, 0.1) is 5.92 Å². The van der Waals surface area contributed by atoms with Crippen molar-refractivity contribution in [2.45, 2.75) is 52.7 Å². The van der Waals surface area contributed by atoms with Crippen LogP contribution in [-0.2, 0) is 14.3 Å². The highest BCUT2D eigenvalue weighted by atomic mass is 16.5. The van der Waals surface area contributed by atoms with Gasteiger partial charge in [-0.05, 0) is 25.5 Å². The van der Waals surface area contributed by atoms with Gasteiger partial charge in [0.25, 0.3) is 5.91 Å². The third-order valence-corrected chi connectivity index (χ3v) is 5.61. The van der Waals surface area contributed by atoms with Gasteiger partial charge in [-0.15, -0.1) is 0 Å². The summed E-state index contributed by atoms with van der Waals surface area (Å²) >= 11 is 0. The van der Waals surface area contributed by atoms with Crippen LogP contribution in [0.1, 0.15) is 50.9 Å². The number of rotatable bonds is 4. The topological polar surface area (TPSA) is 88.2 Å². The van der Waals surface area contributed by atoms with Gasteiger partial charge in [0.05, 0.1) is 17.7 Å². The molecule has 8 nitrogen and oxygen atoms in total. The maximum atomic E-state index is 13.1. The number of nitrogens with one attached hydrogen (secondary N) is 1. The number of methoxy groups -OCH3 is 1. The molecule has 31 heavy (non-hydrogen) atoms. The van der Waals surface area contributed by atoms with E-state index in [1.807, 2.05) is 20.8 Å². The molecule has 0 fully saturated rings. The Morgan fingerprint density at radius 1 is 1.26 bits per heavy atom. The maximum absolute atomic E-state index is 13.1. The third kappa shape index (κ3) is 6.43. The van der Waals surface area contributed by atoms with Gasteiger partial charge >= 0.3 is 0 Å². The monoisotopic (exact) mass is 433 g/mol. The van der Waals surface area contributed by atoms with Crippen LogP contribution in [0.2, 0.25) is 0 Å². The summed E-state index contributed by atoms with van der Waals surface area (Å²) in [6.07, 6.45) is 0.939. The van der Waals surface area contributed by atoms with Crippen LogP contribution in [0.15, 0.2) is 18.2 Å². The van der Waals surface area contributed by atoms with Crippen molar-refractivity contribution >= 4 is 23.4 Å². The smallest absolute Gasteiger partial charge is 0.257 e. The molecule has 3 amide bonds. The maximum Gasteiger partial charge on any atom is 0.257 e. The highest BCUT2D eigenvalue weighted by molar-refractivity contribution is 5.98. The molecular formula is C23H35N3O5. The lowest BCUT2D eigenvalue weighted by Gasteiger charge is -2.35. The van der Waals surface area contributed by atoms with Gasteiger partial charge in [0.1, 0.15) is 12.4 Å². The normalized spacial score (nSPS) is 22.6. The molecular weight excluding hydrogens is 398 g/mol. The molecule has 172 valence electrons. The molecule has 0 saturated heterocycles. The van der Waals surface area contributed by atoms with Crippen molar-refractivity contribution < 1.29 is 23.9 Å². The predicted octanol–water partition coefficient (Wildman–Crippen LogP) is 2.78. The van der Waals surface area contributed by atoms with Gasteiger partial charge < -0.3 is 24.6 Å². The summed E-state index contributed by atoms with van der Waals surface area (Å²) in [5.41, 5.74) is 0.972. The van der Waals surface area contributed by atoms with Crippen LogP contribution >= 0.6 is 0 Å². The van der Waals surface area contributed by atoms with Gasteiger partial charge in [-0.3, -0.25) is 14.4 Å². The van der Waals surface area contributed by atoms with E-state index in [9.17, 15) is 14.4 Å². The summed E-state index contributed by atoms with van der Waals surface area (Å²) in [4.78, 5) is 40.8. The van der Waals surface area contributed by atoms with Crippen molar-refractivity contribution in [3.05, 3.63) is 23.8 Å². The zero-order valence-electron chi connectivity index (χ0n) is 19.4. The fourth-order valence-electron chi connectivity index (χ4n) is 3.74. The summed E-state index contributed by atoms with van der Waals surface area (Å²) < 4.78 is 11.7. The molecule has 0 radical (unpaired) electrons. The van der Waals surface area contributed by atoms with E-state index < -0.39 is 0 Å². The average Bonchev–Trinajstić information content (AvgIpc) is 2.72. The molecule has 0 aliphatic carbocycles. The minimum absolute atomic E-state index is 0.0293. The minimum Gasteiger partial charge on any atom is -0.491 e. The molecule has 0 unspecified atom stereocenters. The molecule has 1 aliphatic rings. The van der Waals surface area contributed by atoms with Gasteiger partial charge in [0.2, 0.25) is 11.8 Å². The average molecular weight is 434 g/mol. The standard InChI is InChI=1S/C23H35N3O5/c1-7-8-22(28)24-18-9-10-19-20(11-18)31-14-16(3)26(17(4)27)12-15(2)21(30-6)13-25(5)23(19)29/h9-11,15-16,21H,7-8,12-14H2,1-6H3,(H,24,28)/t15-,16+,21+/m1/s1. The number of likely N-dealkylation sites (N-methyl/N-ethyl adjacent to an activating group) is 1. The fourth-order valence-corrected chi connectivity index (χ4v) is 3.74. The Morgan fingerprint density at radius 3 is 2.58 bits per heavy atom. The van der Waals surface area contributed by atoms with Gasteiger partial charge in [-0.25, -0.2) is 0 Å². The molecule has 1 N–H and O–H groups in total. The molecule has 0 saturated carbocycles. The number of nitrogens with zero attached hydrogens (tertiary/aromatic N) is 2. The Balaban J connectivity index is 2.41. The summed E-state index contributed by atoms with van der Waals surface area (Å²) in [6, 6.07) is 4.84. The van der Waals surface area contributed by atoms with E-state index in [0.717, 1.165) is 6.42 Å². The lowest BCUT2D eigenvalue weighted by molar-refractivity contribution is -0.133. The SMILES string of the molecule is CCCC(=O)Nc1ccc2c(c1)OC[C@H](C)N(C(C)=O)C[C@@H](C)[C@@H](OC)CN(C)C2=O. The van der Waals surface area contributed by atoms with E-state index in [1.165, 1.54) is 0 Å². The van der Waals surface area contributed by atoms with Crippen molar-refractivity contribution in [3.8, 4) is 5.75 Å². The molecule has 0 aromatic heterocycles. The van der Waals surface area contributed by atoms with E-state index in [-0.39, 0.29) is 42.4 Å². The number of ether oxygens (including phenoxy) is 2. The van der Waals surface area contributed by atoms with E-state index in [1.54, 1.807) is 49.1 Å². The largest absolute Gasteiger partial charge is 0.491 e. The summed E-state index contributed by atoms with van der Waals surface area (Å²) in [6.45, 7) is 8.52. The van der Waals surface area contributed by atoms with Crippen molar-refractivity contribution in [2.75, 3.05) is 39.2 Å². The predicted molar refractivity (Wildman–Crippen MR) is 119 cm³/mol. The van der Waals surface area contributed by atoms with Crippen LogP contribution in [0.4, 0.5) is 5.69 Å². The van der Waals surface area contributed by atoms with Crippen molar-refractivity contribution in [1.29, 1.82) is 0 Å². The van der Waals surface area contributed by atoms with Crippen LogP contribution in [0.3, 0.4) is 0 Å². The van der Waals surface area contributed by atoms with Crippen LogP contribution in [0.5, 0.6) is 5.75 Å². The Bertz CT molecular complexity index is 797. The van der Waals surface area contributed by atoms with Gasteiger partial charge in [0, 0.05) is 58.3 Å². The molecule has 0 spiro atoms. The highest BCUT2D eigenvalue weighted by Gasteiger charge is 2.29. The zero-order valence-corrected chi connectivity index (χ0v) is 19.4. The molecule has 3 atom stereocenters. The minimum atomic E-state index is -0.223. The Labute approximate surface area is 184 Å². The first kappa shape index (κ1) is 24.7. The van der Waals surface area contributed by atoms with Crippen molar-refractivity contribution in [1.82, 2.24) is 9.80 Å². The number of carbonyl (C=O) groups excluding carboxylic acids is 3. The van der Waals surface area contributed by atoms with Gasteiger partial charge in [-0.1, -0.05) is 13.8 Å². The number of hydrogen-bond donors (Lipinski definition) is 1. The van der Waals surface area contributed by atoms with E-state index in [4.69, 9.17) is 9.47 Å². The van der Waals surface area contributed by atoms with Crippen molar-refractivity contribution in [2.24, 2.45) is 5.92 Å². The van der Waals surface area contributed by atoms with E-state index in [2.05, 4.69) is 5.32 Å². The number of amides is 3. The lowest BCUT2D eigenvalue weighted by atomic mass is 10.0. The lowest BCUT2D eigenvalue weighted by Crippen LogP contribution is -2.48. The highest BCUT2D eigenvalue weighted by Crippen LogP contribution is 2.27. The first-order valence-corrected chi connectivity index (χ1v) is 10.8. The zero-order chi connectivity index (χ0) is 23.1. The second kappa shape index (κ2) is 11.1.